The fraction of sp³-hybridized carbons (Fsp3) is 0.533. The van der Waals surface area contributed by atoms with Gasteiger partial charge in [0.05, 0.1) is 24.3 Å². The number of aliphatic hydroxyl groups is 1. The van der Waals surface area contributed by atoms with Gasteiger partial charge in [0.2, 0.25) is 0 Å². The van der Waals surface area contributed by atoms with Gasteiger partial charge in [-0.2, -0.15) is 5.26 Å². The van der Waals surface area contributed by atoms with E-state index in [2.05, 4.69) is 17.0 Å². The molecular weight excluding hydrogens is 224 g/mol. The zero-order valence-electron chi connectivity index (χ0n) is 10.9. The number of benzene rings is 1. The third-order valence-electron chi connectivity index (χ3n) is 3.75. The Morgan fingerprint density at radius 2 is 2.22 bits per heavy atom. The van der Waals surface area contributed by atoms with Gasteiger partial charge in [0.1, 0.15) is 0 Å². The first-order valence-corrected chi connectivity index (χ1v) is 6.64. The summed E-state index contributed by atoms with van der Waals surface area (Å²) in [7, 11) is 0. The first-order valence-electron chi connectivity index (χ1n) is 6.64. The van der Waals surface area contributed by atoms with Gasteiger partial charge in [0.15, 0.2) is 0 Å². The second-order valence-corrected chi connectivity index (χ2v) is 4.99. The number of rotatable bonds is 2. The van der Waals surface area contributed by atoms with Gasteiger partial charge in [0, 0.05) is 12.2 Å². The van der Waals surface area contributed by atoms with E-state index < -0.39 is 0 Å². The van der Waals surface area contributed by atoms with E-state index in [1.807, 2.05) is 19.1 Å². The van der Waals surface area contributed by atoms with Crippen molar-refractivity contribution in [2.75, 3.05) is 18.1 Å². The molecule has 1 atom stereocenters. The van der Waals surface area contributed by atoms with Crippen molar-refractivity contribution in [3.05, 3.63) is 29.3 Å². The van der Waals surface area contributed by atoms with Crippen molar-refractivity contribution in [2.24, 2.45) is 0 Å². The predicted octanol–water partition coefficient (Wildman–Crippen LogP) is 2.61. The molecule has 1 N–H and O–H groups in total. The maximum atomic E-state index is 9.52. The largest absolute Gasteiger partial charge is 0.394 e. The summed E-state index contributed by atoms with van der Waals surface area (Å²) in [4.78, 5) is 2.29. The average molecular weight is 244 g/mol. The van der Waals surface area contributed by atoms with Gasteiger partial charge >= 0.3 is 0 Å². The van der Waals surface area contributed by atoms with E-state index in [0.29, 0.717) is 0 Å². The number of nitriles is 1. The monoisotopic (exact) mass is 244 g/mol. The molecule has 1 aliphatic rings. The number of hydrogen-bond acceptors (Lipinski definition) is 3. The molecule has 1 aromatic carbocycles. The molecule has 1 fully saturated rings. The van der Waals surface area contributed by atoms with Crippen LogP contribution < -0.4 is 4.90 Å². The van der Waals surface area contributed by atoms with E-state index in [1.165, 1.54) is 19.3 Å². The molecule has 1 unspecified atom stereocenters. The van der Waals surface area contributed by atoms with Crippen LogP contribution in [0.2, 0.25) is 0 Å². The fourth-order valence-corrected chi connectivity index (χ4v) is 2.66. The molecule has 0 bridgehead atoms. The lowest BCUT2D eigenvalue weighted by molar-refractivity contribution is 0.255. The number of aryl methyl sites for hydroxylation is 1. The van der Waals surface area contributed by atoms with Crippen LogP contribution in [-0.2, 0) is 0 Å². The second kappa shape index (κ2) is 5.88. The topological polar surface area (TPSA) is 47.3 Å². The smallest absolute Gasteiger partial charge is 0.0994 e. The minimum Gasteiger partial charge on any atom is -0.394 e. The maximum Gasteiger partial charge on any atom is 0.0994 e. The fourth-order valence-electron chi connectivity index (χ4n) is 2.66. The maximum absolute atomic E-state index is 9.52. The van der Waals surface area contributed by atoms with Gasteiger partial charge in [0.25, 0.3) is 0 Å². The lowest BCUT2D eigenvalue weighted by Crippen LogP contribution is -2.37. The summed E-state index contributed by atoms with van der Waals surface area (Å²) >= 11 is 0. The number of nitrogens with zero attached hydrogens (tertiary/aromatic N) is 2. The van der Waals surface area contributed by atoms with Crippen LogP contribution in [0.4, 0.5) is 5.69 Å². The Kier molecular flexibility index (Phi) is 4.22. The van der Waals surface area contributed by atoms with Gasteiger partial charge in [-0.15, -0.1) is 0 Å². The number of aliphatic hydroxyl groups excluding tert-OH is 1. The summed E-state index contributed by atoms with van der Waals surface area (Å²) in [6, 6.07) is 8.36. The Hall–Kier alpha value is -1.53. The highest BCUT2D eigenvalue weighted by atomic mass is 16.3. The van der Waals surface area contributed by atoms with Crippen molar-refractivity contribution in [2.45, 2.75) is 38.6 Å². The highest BCUT2D eigenvalue weighted by Gasteiger charge is 2.20. The van der Waals surface area contributed by atoms with Crippen LogP contribution in [0.25, 0.3) is 0 Å². The van der Waals surface area contributed by atoms with Crippen LogP contribution in [0, 0.1) is 18.3 Å². The van der Waals surface area contributed by atoms with Crippen LogP contribution in [0.3, 0.4) is 0 Å². The molecule has 0 aliphatic carbocycles. The Bertz CT molecular complexity index is 450. The van der Waals surface area contributed by atoms with Gasteiger partial charge in [-0.05, 0) is 43.5 Å². The first-order chi connectivity index (χ1) is 8.76. The third-order valence-corrected chi connectivity index (χ3v) is 3.75. The second-order valence-electron chi connectivity index (χ2n) is 4.99. The van der Waals surface area contributed by atoms with Gasteiger partial charge < -0.3 is 10.0 Å². The van der Waals surface area contributed by atoms with E-state index in [1.54, 1.807) is 0 Å². The summed E-state index contributed by atoms with van der Waals surface area (Å²) in [5.41, 5.74) is 2.87. The van der Waals surface area contributed by atoms with Crippen LogP contribution >= 0.6 is 0 Å². The van der Waals surface area contributed by atoms with Gasteiger partial charge in [-0.3, -0.25) is 0 Å². The van der Waals surface area contributed by atoms with E-state index in [-0.39, 0.29) is 12.6 Å². The molecule has 1 saturated heterocycles. The van der Waals surface area contributed by atoms with Crippen molar-refractivity contribution in [3.8, 4) is 6.07 Å². The Labute approximate surface area is 109 Å². The molecular formula is C15H20N2O. The normalized spacial score (nSPS) is 20.3. The Balaban J connectivity index is 2.28. The molecule has 3 nitrogen and oxygen atoms in total. The molecule has 2 rings (SSSR count). The van der Waals surface area contributed by atoms with Gasteiger partial charge in [-0.25, -0.2) is 0 Å². The molecule has 96 valence electrons. The van der Waals surface area contributed by atoms with Crippen LogP contribution in [0.1, 0.15) is 36.8 Å². The van der Waals surface area contributed by atoms with Crippen LogP contribution in [-0.4, -0.2) is 24.3 Å². The molecule has 3 heteroatoms. The molecule has 0 saturated carbocycles. The minimum absolute atomic E-state index is 0.207. The van der Waals surface area contributed by atoms with Crippen LogP contribution in [0.15, 0.2) is 18.2 Å². The molecule has 0 amide bonds. The van der Waals surface area contributed by atoms with Crippen molar-refractivity contribution < 1.29 is 5.11 Å². The summed E-state index contributed by atoms with van der Waals surface area (Å²) < 4.78 is 0. The Morgan fingerprint density at radius 1 is 1.39 bits per heavy atom. The van der Waals surface area contributed by atoms with Crippen LogP contribution in [0.5, 0.6) is 0 Å². The van der Waals surface area contributed by atoms with Crippen molar-refractivity contribution >= 4 is 5.69 Å². The SMILES string of the molecule is Cc1cc(N2CCCCCC2CO)ccc1C#N. The third kappa shape index (κ3) is 2.65. The lowest BCUT2D eigenvalue weighted by Gasteiger charge is -2.31. The molecule has 1 aromatic rings. The zero-order valence-corrected chi connectivity index (χ0v) is 10.9. The standard InChI is InChI=1S/C15H20N2O/c1-12-9-14(7-6-13(12)10-16)17-8-4-2-3-5-15(17)11-18/h6-7,9,15,18H,2-5,8,11H2,1H3. The van der Waals surface area contributed by atoms with E-state index in [0.717, 1.165) is 29.8 Å². The van der Waals surface area contributed by atoms with E-state index >= 15 is 0 Å². The summed E-state index contributed by atoms with van der Waals surface area (Å²) in [5, 5.41) is 18.5. The molecule has 0 radical (unpaired) electrons. The van der Waals surface area contributed by atoms with E-state index in [4.69, 9.17) is 5.26 Å². The molecule has 0 aromatic heterocycles. The predicted molar refractivity (Wildman–Crippen MR) is 72.6 cm³/mol. The van der Waals surface area contributed by atoms with Crippen molar-refractivity contribution in [3.63, 3.8) is 0 Å². The summed E-state index contributed by atoms with van der Waals surface area (Å²) in [5.74, 6) is 0. The average Bonchev–Trinajstić information content (AvgIpc) is 2.63. The summed E-state index contributed by atoms with van der Waals surface area (Å²) in [6.45, 7) is 3.17. The van der Waals surface area contributed by atoms with Crippen molar-refractivity contribution in [1.29, 1.82) is 5.26 Å². The first kappa shape index (κ1) is 12.9. The van der Waals surface area contributed by atoms with Gasteiger partial charge in [-0.1, -0.05) is 12.8 Å². The summed E-state index contributed by atoms with van der Waals surface area (Å²) in [6.07, 6.45) is 4.66. The lowest BCUT2D eigenvalue weighted by atomic mass is 10.1. The molecule has 18 heavy (non-hydrogen) atoms. The zero-order chi connectivity index (χ0) is 13.0. The highest BCUT2D eigenvalue weighted by Crippen LogP contribution is 2.25. The number of hydrogen-bond donors (Lipinski definition) is 1. The number of anilines is 1. The minimum atomic E-state index is 0.207. The highest BCUT2D eigenvalue weighted by molar-refractivity contribution is 5.54. The molecule has 0 spiro atoms. The molecule has 1 aliphatic heterocycles. The Morgan fingerprint density at radius 3 is 2.89 bits per heavy atom. The molecule has 1 heterocycles. The quantitative estimate of drug-likeness (QED) is 0.870. The van der Waals surface area contributed by atoms with E-state index in [9.17, 15) is 5.11 Å². The van der Waals surface area contributed by atoms with Crippen molar-refractivity contribution in [1.82, 2.24) is 0 Å².